The number of aliphatic hydroxyl groups excluding tert-OH is 1. The third-order valence-corrected chi connectivity index (χ3v) is 5.07. The minimum Gasteiger partial charge on any atom is -0.390 e. The van der Waals surface area contributed by atoms with Crippen LogP contribution in [0, 0.1) is 5.82 Å². The number of aliphatic hydroxyl groups is 1. The number of nitrogens with one attached hydrogen (secondary N) is 1. The SMILES string of the molecule is O=C(NCC(O)CN1CCc2cc(F)ccc2C1)c1cn2nc(C(F)(F)F)ccc2n1. The molecule has 0 radical (unpaired) electrons. The molecule has 31 heavy (non-hydrogen) atoms. The average molecular weight is 437 g/mol. The molecule has 0 fully saturated rings. The molecule has 0 bridgehead atoms. The molecule has 0 saturated heterocycles. The van der Waals surface area contributed by atoms with E-state index in [4.69, 9.17) is 0 Å². The number of alkyl halides is 3. The van der Waals surface area contributed by atoms with Crippen molar-refractivity contribution in [3.8, 4) is 0 Å². The Balaban J connectivity index is 1.32. The van der Waals surface area contributed by atoms with E-state index in [1.807, 2.05) is 4.90 Å². The number of hydrogen-bond donors (Lipinski definition) is 2. The highest BCUT2D eigenvalue weighted by Gasteiger charge is 2.33. The van der Waals surface area contributed by atoms with Gasteiger partial charge in [0.2, 0.25) is 0 Å². The Morgan fingerprint density at radius 1 is 1.23 bits per heavy atom. The highest BCUT2D eigenvalue weighted by atomic mass is 19.4. The molecule has 0 saturated carbocycles. The normalized spacial score (nSPS) is 15.6. The number of hydrogen-bond acceptors (Lipinski definition) is 5. The van der Waals surface area contributed by atoms with Crippen LogP contribution >= 0.6 is 0 Å². The maximum atomic E-state index is 13.3. The van der Waals surface area contributed by atoms with Gasteiger partial charge in [-0.1, -0.05) is 6.07 Å². The van der Waals surface area contributed by atoms with Gasteiger partial charge >= 0.3 is 6.18 Å². The lowest BCUT2D eigenvalue weighted by molar-refractivity contribution is -0.141. The number of amides is 1. The van der Waals surface area contributed by atoms with Gasteiger partial charge in [-0.25, -0.2) is 13.9 Å². The highest BCUT2D eigenvalue weighted by molar-refractivity contribution is 5.92. The van der Waals surface area contributed by atoms with Crippen LogP contribution in [0.15, 0.2) is 36.5 Å². The highest BCUT2D eigenvalue weighted by Crippen LogP contribution is 2.27. The van der Waals surface area contributed by atoms with E-state index >= 15 is 0 Å². The van der Waals surface area contributed by atoms with Crippen LogP contribution in [0.2, 0.25) is 0 Å². The maximum absolute atomic E-state index is 13.3. The zero-order valence-corrected chi connectivity index (χ0v) is 16.2. The van der Waals surface area contributed by atoms with Crippen molar-refractivity contribution >= 4 is 11.6 Å². The molecule has 1 unspecified atom stereocenters. The quantitative estimate of drug-likeness (QED) is 0.597. The molecule has 7 nitrogen and oxygen atoms in total. The van der Waals surface area contributed by atoms with Crippen LogP contribution in [0.5, 0.6) is 0 Å². The van der Waals surface area contributed by atoms with Crippen LogP contribution in [-0.2, 0) is 19.1 Å². The number of rotatable bonds is 5. The van der Waals surface area contributed by atoms with Crippen LogP contribution in [0.4, 0.5) is 17.6 Å². The molecule has 164 valence electrons. The number of carbonyl (C=O) groups excluding carboxylic acids is 1. The minimum absolute atomic E-state index is 0.0549. The summed E-state index contributed by atoms with van der Waals surface area (Å²) in [6.07, 6.45) is -3.69. The van der Waals surface area contributed by atoms with Crippen LogP contribution in [-0.4, -0.2) is 56.2 Å². The monoisotopic (exact) mass is 437 g/mol. The first-order valence-corrected chi connectivity index (χ1v) is 9.58. The fourth-order valence-corrected chi connectivity index (χ4v) is 3.54. The van der Waals surface area contributed by atoms with E-state index in [1.165, 1.54) is 12.1 Å². The van der Waals surface area contributed by atoms with Crippen LogP contribution in [0.1, 0.15) is 27.3 Å². The number of benzene rings is 1. The fraction of sp³-hybridized carbons (Fsp3) is 0.350. The van der Waals surface area contributed by atoms with Crippen molar-refractivity contribution in [3.05, 3.63) is 64.9 Å². The summed E-state index contributed by atoms with van der Waals surface area (Å²) in [6.45, 7) is 1.47. The Morgan fingerprint density at radius 2 is 2.03 bits per heavy atom. The molecule has 2 aromatic heterocycles. The number of aromatic nitrogens is 3. The molecule has 1 atom stereocenters. The molecule has 1 aromatic carbocycles. The van der Waals surface area contributed by atoms with Gasteiger partial charge in [0.25, 0.3) is 5.91 Å². The molecule has 4 rings (SSSR count). The Labute approximate surface area is 174 Å². The van der Waals surface area contributed by atoms with Gasteiger partial charge in [-0.05, 0) is 41.8 Å². The molecule has 1 aliphatic rings. The molecule has 3 aromatic rings. The van der Waals surface area contributed by atoms with E-state index in [9.17, 15) is 27.5 Å². The zero-order valence-electron chi connectivity index (χ0n) is 16.2. The summed E-state index contributed by atoms with van der Waals surface area (Å²) < 4.78 is 52.5. The van der Waals surface area contributed by atoms with Crippen molar-refractivity contribution in [1.82, 2.24) is 24.8 Å². The number of halogens is 4. The third-order valence-electron chi connectivity index (χ3n) is 5.07. The van der Waals surface area contributed by atoms with Crippen LogP contribution < -0.4 is 5.32 Å². The molecule has 0 spiro atoms. The van der Waals surface area contributed by atoms with Crippen LogP contribution in [0.25, 0.3) is 5.65 Å². The van der Waals surface area contributed by atoms with Gasteiger partial charge in [0.1, 0.15) is 11.5 Å². The third kappa shape index (κ3) is 4.83. The molecule has 2 N–H and O–H groups in total. The van der Waals surface area contributed by atoms with Gasteiger partial charge in [-0.3, -0.25) is 9.69 Å². The summed E-state index contributed by atoms with van der Waals surface area (Å²) >= 11 is 0. The topological polar surface area (TPSA) is 82.8 Å². The predicted molar refractivity (Wildman–Crippen MR) is 102 cm³/mol. The first kappa shape index (κ1) is 21.2. The minimum atomic E-state index is -4.60. The van der Waals surface area contributed by atoms with Crippen molar-refractivity contribution in [2.75, 3.05) is 19.6 Å². The van der Waals surface area contributed by atoms with E-state index < -0.39 is 23.9 Å². The molecule has 11 heteroatoms. The summed E-state index contributed by atoms with van der Waals surface area (Å²) in [4.78, 5) is 18.3. The van der Waals surface area contributed by atoms with Crippen LogP contribution in [0.3, 0.4) is 0 Å². The number of carbonyl (C=O) groups is 1. The Bertz CT molecular complexity index is 1110. The van der Waals surface area contributed by atoms with Crippen molar-refractivity contribution in [1.29, 1.82) is 0 Å². The fourth-order valence-electron chi connectivity index (χ4n) is 3.54. The molecule has 1 amide bonds. The maximum Gasteiger partial charge on any atom is 0.435 e. The second-order valence-corrected chi connectivity index (χ2v) is 7.41. The van der Waals surface area contributed by atoms with Crippen molar-refractivity contribution in [2.24, 2.45) is 0 Å². The molecule has 1 aliphatic heterocycles. The van der Waals surface area contributed by atoms with Gasteiger partial charge in [-0.2, -0.15) is 18.3 Å². The van der Waals surface area contributed by atoms with Gasteiger partial charge in [0.05, 0.1) is 12.3 Å². The van der Waals surface area contributed by atoms with E-state index in [0.29, 0.717) is 26.1 Å². The summed E-state index contributed by atoms with van der Waals surface area (Å²) in [6, 6.07) is 6.57. The summed E-state index contributed by atoms with van der Waals surface area (Å²) in [7, 11) is 0. The van der Waals surface area contributed by atoms with Crippen molar-refractivity contribution in [3.63, 3.8) is 0 Å². The van der Waals surface area contributed by atoms with Gasteiger partial charge in [0.15, 0.2) is 11.3 Å². The Kier molecular flexibility index (Phi) is 5.63. The Morgan fingerprint density at radius 3 is 2.81 bits per heavy atom. The van der Waals surface area contributed by atoms with Gasteiger partial charge in [0, 0.05) is 26.2 Å². The molecule has 0 aliphatic carbocycles. The number of fused-ring (bicyclic) bond motifs is 2. The first-order chi connectivity index (χ1) is 14.7. The van der Waals surface area contributed by atoms with Gasteiger partial charge < -0.3 is 10.4 Å². The van der Waals surface area contributed by atoms with E-state index in [2.05, 4.69) is 15.4 Å². The average Bonchev–Trinajstić information content (AvgIpc) is 3.15. The van der Waals surface area contributed by atoms with Crippen molar-refractivity contribution in [2.45, 2.75) is 25.2 Å². The summed E-state index contributed by atoms with van der Waals surface area (Å²) in [5.74, 6) is -0.899. The number of β-amino-alcohol motifs (C(OH)–C–C–N with tert-alkyl or cyclic N) is 1. The van der Waals surface area contributed by atoms with Gasteiger partial charge in [-0.15, -0.1) is 0 Å². The molecule has 3 heterocycles. The van der Waals surface area contributed by atoms with Crippen molar-refractivity contribution < 1.29 is 27.5 Å². The smallest absolute Gasteiger partial charge is 0.390 e. The van der Waals surface area contributed by atoms with E-state index in [1.54, 1.807) is 6.07 Å². The van der Waals surface area contributed by atoms with E-state index in [-0.39, 0.29) is 23.7 Å². The standard InChI is InChI=1S/C20H19F4N5O2/c21-14-2-1-13-9-28(6-5-12(13)7-14)10-15(30)8-25-19(31)16-11-29-18(26-16)4-3-17(27-29)20(22,23)24/h1-4,7,11,15,30H,5-6,8-10H2,(H,25,31). The largest absolute Gasteiger partial charge is 0.435 e. The molecular weight excluding hydrogens is 418 g/mol. The predicted octanol–water partition coefficient (Wildman–Crippen LogP) is 2.04. The number of imidazole rings is 1. The Hall–Kier alpha value is -3.05. The lowest BCUT2D eigenvalue weighted by Gasteiger charge is -2.30. The second kappa shape index (κ2) is 8.23. The molecular formula is C20H19F4N5O2. The first-order valence-electron chi connectivity index (χ1n) is 9.58. The summed E-state index contributed by atoms with van der Waals surface area (Å²) in [5.41, 5.74) is 0.855. The second-order valence-electron chi connectivity index (χ2n) is 7.41. The number of nitrogens with zero attached hydrogens (tertiary/aromatic N) is 4. The lowest BCUT2D eigenvalue weighted by Crippen LogP contribution is -2.42. The zero-order chi connectivity index (χ0) is 22.2. The lowest BCUT2D eigenvalue weighted by atomic mass is 9.99. The summed E-state index contributed by atoms with van der Waals surface area (Å²) in [5, 5.41) is 16.2. The van der Waals surface area contributed by atoms with E-state index in [0.717, 1.165) is 34.0 Å².